The van der Waals surface area contributed by atoms with E-state index in [9.17, 15) is 13.5 Å². The van der Waals surface area contributed by atoms with E-state index in [1.807, 2.05) is 32.7 Å². The van der Waals surface area contributed by atoms with Crippen LogP contribution in [0.25, 0.3) is 0 Å². The third-order valence-corrected chi connectivity index (χ3v) is 3.25. The number of hydrogen-bond donors (Lipinski definition) is 1. The van der Waals surface area contributed by atoms with Crippen molar-refractivity contribution in [3.05, 3.63) is 0 Å². The minimum Gasteiger partial charge on any atom is -0.391 e. The molecule has 92 valence electrons. The molecule has 0 aromatic carbocycles. The van der Waals surface area contributed by atoms with Crippen LogP contribution in [0.2, 0.25) is 0 Å². The van der Waals surface area contributed by atoms with E-state index < -0.39 is 15.9 Å². The fourth-order valence-electron chi connectivity index (χ4n) is 0.982. The second-order valence-electron chi connectivity index (χ2n) is 5.27. The second kappa shape index (κ2) is 5.27. The Balaban J connectivity index is 4.00. The first-order valence-electron chi connectivity index (χ1n) is 5.07. The van der Waals surface area contributed by atoms with E-state index in [1.165, 1.54) is 6.26 Å². The van der Waals surface area contributed by atoms with Gasteiger partial charge in [-0.05, 0) is 12.5 Å². The van der Waals surface area contributed by atoms with Crippen LogP contribution in [0.15, 0.2) is 0 Å². The van der Waals surface area contributed by atoms with Gasteiger partial charge in [-0.1, -0.05) is 20.8 Å². The highest BCUT2D eigenvalue weighted by molar-refractivity contribution is 7.90. The number of sulfone groups is 1. The van der Waals surface area contributed by atoms with Gasteiger partial charge in [-0.25, -0.2) is 8.42 Å². The van der Waals surface area contributed by atoms with Crippen molar-refractivity contribution in [2.24, 2.45) is 5.41 Å². The summed E-state index contributed by atoms with van der Waals surface area (Å²) in [4.78, 5) is 1.84. The number of hydrogen-bond acceptors (Lipinski definition) is 4. The van der Waals surface area contributed by atoms with Crippen LogP contribution in [0, 0.1) is 5.41 Å². The lowest BCUT2D eigenvalue weighted by atomic mass is 9.89. The van der Waals surface area contributed by atoms with Crippen LogP contribution in [0.4, 0.5) is 0 Å². The molecule has 0 heterocycles. The van der Waals surface area contributed by atoms with E-state index in [1.54, 1.807) is 0 Å². The molecule has 1 N–H and O–H groups in total. The summed E-state index contributed by atoms with van der Waals surface area (Å²) in [6, 6.07) is 0. The van der Waals surface area contributed by atoms with E-state index >= 15 is 0 Å². The van der Waals surface area contributed by atoms with Crippen LogP contribution < -0.4 is 0 Å². The summed E-state index contributed by atoms with van der Waals surface area (Å²) in [6.45, 7) is 6.84. The van der Waals surface area contributed by atoms with Crippen molar-refractivity contribution in [3.63, 3.8) is 0 Å². The van der Waals surface area contributed by atoms with Crippen molar-refractivity contribution in [1.82, 2.24) is 4.90 Å². The second-order valence-corrected chi connectivity index (χ2v) is 7.53. The Morgan fingerprint density at radius 3 is 2.13 bits per heavy atom. The maximum atomic E-state index is 10.9. The Labute approximate surface area is 93.2 Å². The van der Waals surface area contributed by atoms with Gasteiger partial charge in [-0.15, -0.1) is 0 Å². The Morgan fingerprint density at radius 1 is 1.33 bits per heavy atom. The van der Waals surface area contributed by atoms with Crippen LogP contribution in [0.3, 0.4) is 0 Å². The number of aliphatic hydroxyl groups excluding tert-OH is 1. The molecule has 0 radical (unpaired) electrons. The molecule has 0 aliphatic heterocycles. The highest BCUT2D eigenvalue weighted by Gasteiger charge is 2.23. The summed E-state index contributed by atoms with van der Waals surface area (Å²) in [5.74, 6) is 0.139. The van der Waals surface area contributed by atoms with E-state index in [4.69, 9.17) is 0 Å². The highest BCUT2D eigenvalue weighted by Crippen LogP contribution is 2.19. The van der Waals surface area contributed by atoms with Gasteiger partial charge in [0, 0.05) is 19.3 Å². The summed E-state index contributed by atoms with van der Waals surface area (Å²) < 4.78 is 21.9. The van der Waals surface area contributed by atoms with E-state index in [-0.39, 0.29) is 11.2 Å². The molecule has 5 heteroatoms. The summed E-state index contributed by atoms with van der Waals surface area (Å²) in [5.41, 5.74) is -0.167. The Bertz CT molecular complexity index is 280. The van der Waals surface area contributed by atoms with Crippen LogP contribution in [-0.4, -0.2) is 56.7 Å². The van der Waals surface area contributed by atoms with Gasteiger partial charge in [0.05, 0.1) is 11.9 Å². The minimum absolute atomic E-state index is 0.139. The summed E-state index contributed by atoms with van der Waals surface area (Å²) in [6.07, 6.45) is 0.781. The van der Waals surface area contributed by atoms with E-state index in [0.717, 1.165) is 0 Å². The zero-order valence-corrected chi connectivity index (χ0v) is 11.1. The third-order valence-electron chi connectivity index (χ3n) is 2.33. The lowest BCUT2D eigenvalue weighted by Gasteiger charge is -2.29. The first-order valence-corrected chi connectivity index (χ1v) is 7.13. The first kappa shape index (κ1) is 14.9. The molecule has 0 saturated carbocycles. The molecule has 4 nitrogen and oxygen atoms in total. The molecule has 0 spiro atoms. The Hall–Kier alpha value is -0.130. The maximum Gasteiger partial charge on any atom is 0.148 e. The highest BCUT2D eigenvalue weighted by atomic mass is 32.2. The lowest BCUT2D eigenvalue weighted by Crippen LogP contribution is -2.39. The van der Waals surface area contributed by atoms with Gasteiger partial charge < -0.3 is 10.0 Å². The van der Waals surface area contributed by atoms with Gasteiger partial charge in [0.1, 0.15) is 9.84 Å². The standard InChI is InChI=1S/C10H23NO3S/c1-10(2,3)9(12)8-11(4)6-7-15(5,13)14/h9,12H,6-8H2,1-5H3. The molecule has 0 aromatic heterocycles. The molecule has 0 rings (SSSR count). The van der Waals surface area contributed by atoms with Crippen LogP contribution in [-0.2, 0) is 9.84 Å². The molecular formula is C10H23NO3S. The molecule has 15 heavy (non-hydrogen) atoms. The van der Waals surface area contributed by atoms with Crippen molar-refractivity contribution < 1.29 is 13.5 Å². The fourth-order valence-corrected chi connectivity index (χ4v) is 1.63. The summed E-state index contributed by atoms with van der Waals surface area (Å²) in [7, 11) is -1.09. The van der Waals surface area contributed by atoms with Crippen molar-refractivity contribution in [2.75, 3.05) is 32.1 Å². The van der Waals surface area contributed by atoms with E-state index in [0.29, 0.717) is 13.1 Å². The van der Waals surface area contributed by atoms with E-state index in [2.05, 4.69) is 0 Å². The van der Waals surface area contributed by atoms with Gasteiger partial charge in [-0.2, -0.15) is 0 Å². The zero-order valence-electron chi connectivity index (χ0n) is 10.3. The van der Waals surface area contributed by atoms with Gasteiger partial charge in [-0.3, -0.25) is 0 Å². The van der Waals surface area contributed by atoms with Gasteiger partial charge >= 0.3 is 0 Å². The predicted molar refractivity (Wildman–Crippen MR) is 62.7 cm³/mol. The summed E-state index contributed by atoms with van der Waals surface area (Å²) in [5, 5.41) is 9.79. The molecule has 1 unspecified atom stereocenters. The third kappa shape index (κ3) is 7.76. The molecular weight excluding hydrogens is 214 g/mol. The normalized spacial score (nSPS) is 15.7. The largest absolute Gasteiger partial charge is 0.391 e. The van der Waals surface area contributed by atoms with Gasteiger partial charge in [0.25, 0.3) is 0 Å². The molecule has 0 bridgehead atoms. The van der Waals surface area contributed by atoms with Gasteiger partial charge in [0.2, 0.25) is 0 Å². The molecule has 0 saturated heterocycles. The van der Waals surface area contributed by atoms with Gasteiger partial charge in [0.15, 0.2) is 0 Å². The predicted octanol–water partition coefficient (Wildman–Crippen LogP) is 0.370. The van der Waals surface area contributed by atoms with Crippen LogP contribution >= 0.6 is 0 Å². The molecule has 0 aliphatic carbocycles. The zero-order chi connectivity index (χ0) is 12.3. The maximum absolute atomic E-state index is 10.9. The van der Waals surface area contributed by atoms with Crippen LogP contribution in [0.1, 0.15) is 20.8 Å². The smallest absolute Gasteiger partial charge is 0.148 e. The molecule has 0 aromatic rings. The average Bonchev–Trinajstić information content (AvgIpc) is 1.97. The Kier molecular flexibility index (Phi) is 5.23. The summed E-state index contributed by atoms with van der Waals surface area (Å²) >= 11 is 0. The minimum atomic E-state index is -2.91. The quantitative estimate of drug-likeness (QED) is 0.750. The van der Waals surface area contributed by atoms with Crippen molar-refractivity contribution >= 4 is 9.84 Å². The van der Waals surface area contributed by atoms with Crippen molar-refractivity contribution in [2.45, 2.75) is 26.9 Å². The first-order chi connectivity index (χ1) is 6.52. The number of likely N-dealkylation sites (N-methyl/N-ethyl adjacent to an activating group) is 1. The number of aliphatic hydroxyl groups is 1. The Morgan fingerprint density at radius 2 is 1.80 bits per heavy atom. The van der Waals surface area contributed by atoms with Crippen molar-refractivity contribution in [1.29, 1.82) is 0 Å². The van der Waals surface area contributed by atoms with Crippen molar-refractivity contribution in [3.8, 4) is 0 Å². The number of rotatable bonds is 5. The SMILES string of the molecule is CN(CCS(C)(=O)=O)CC(O)C(C)(C)C. The number of nitrogens with zero attached hydrogens (tertiary/aromatic N) is 1. The molecule has 0 aliphatic rings. The molecule has 0 amide bonds. The fraction of sp³-hybridized carbons (Fsp3) is 1.00. The lowest BCUT2D eigenvalue weighted by molar-refractivity contribution is 0.0365. The molecule has 1 atom stereocenters. The van der Waals surface area contributed by atoms with Crippen LogP contribution in [0.5, 0.6) is 0 Å². The monoisotopic (exact) mass is 237 g/mol. The topological polar surface area (TPSA) is 57.6 Å². The molecule has 0 fully saturated rings. The average molecular weight is 237 g/mol.